The summed E-state index contributed by atoms with van der Waals surface area (Å²) in [5.74, 6) is -0.657. The predicted molar refractivity (Wildman–Crippen MR) is 66.9 cm³/mol. The van der Waals surface area contributed by atoms with E-state index in [1.54, 1.807) is 0 Å². The number of pyridine rings is 1. The molecule has 0 aromatic carbocycles. The van der Waals surface area contributed by atoms with Gasteiger partial charge in [0.15, 0.2) is 11.8 Å². The molecule has 1 N–H and O–H groups in total. The molecule has 1 aromatic heterocycles. The zero-order valence-electron chi connectivity index (χ0n) is 11.0. The van der Waals surface area contributed by atoms with Gasteiger partial charge in [-0.3, -0.25) is 9.79 Å². The second-order valence-electron chi connectivity index (χ2n) is 4.66. The summed E-state index contributed by atoms with van der Waals surface area (Å²) in [6, 6.07) is -2.10. The van der Waals surface area contributed by atoms with Gasteiger partial charge in [-0.1, -0.05) is 0 Å². The van der Waals surface area contributed by atoms with E-state index in [0.717, 1.165) is 17.4 Å². The molecule has 2 heterocycles. The summed E-state index contributed by atoms with van der Waals surface area (Å²) >= 11 is 0. The molecule has 0 saturated carbocycles. The van der Waals surface area contributed by atoms with Gasteiger partial charge >= 0.3 is 6.18 Å². The molecule has 0 amide bonds. The molecule has 0 fully saturated rings. The monoisotopic (exact) mass is 289 g/mol. The minimum absolute atomic E-state index is 0.0853. The van der Waals surface area contributed by atoms with Gasteiger partial charge in [0.1, 0.15) is 0 Å². The van der Waals surface area contributed by atoms with Gasteiger partial charge in [-0.05, 0) is 6.92 Å². The van der Waals surface area contributed by atoms with E-state index in [0.29, 0.717) is 0 Å². The summed E-state index contributed by atoms with van der Waals surface area (Å²) in [5, 5.41) is 9.67. The van der Waals surface area contributed by atoms with Crippen molar-refractivity contribution in [3.63, 3.8) is 0 Å². The number of aromatic nitrogens is 1. The Labute approximate surface area is 113 Å². The van der Waals surface area contributed by atoms with Crippen LogP contribution < -0.4 is 5.43 Å². The molecule has 0 radical (unpaired) electrons. The van der Waals surface area contributed by atoms with Crippen molar-refractivity contribution in [2.75, 3.05) is 13.1 Å². The van der Waals surface area contributed by atoms with Crippen LogP contribution in [0.1, 0.15) is 17.3 Å². The Morgan fingerprint density at radius 3 is 2.60 bits per heavy atom. The number of aryl methyl sites for hydroxylation is 1. The molecule has 8 heteroatoms. The number of hydrogen-bond acceptors (Lipinski definition) is 4. The molecule has 20 heavy (non-hydrogen) atoms. The lowest BCUT2D eigenvalue weighted by atomic mass is 10.1. The normalized spacial score (nSPS) is 16.8. The first-order valence-electron chi connectivity index (χ1n) is 5.95. The highest BCUT2D eigenvalue weighted by atomic mass is 19.4. The molecular weight excluding hydrogens is 275 g/mol. The third kappa shape index (κ3) is 2.37. The highest BCUT2D eigenvalue weighted by Crippen LogP contribution is 2.37. The Bertz CT molecular complexity index is 607. The van der Waals surface area contributed by atoms with Crippen molar-refractivity contribution in [1.29, 1.82) is 0 Å². The summed E-state index contributed by atoms with van der Waals surface area (Å²) < 4.78 is 41.1. The fourth-order valence-electron chi connectivity index (χ4n) is 2.16. The maximum absolute atomic E-state index is 13.3. The van der Waals surface area contributed by atoms with Crippen molar-refractivity contribution in [3.8, 4) is 5.75 Å². The molecule has 1 aromatic rings. The van der Waals surface area contributed by atoms with Crippen LogP contribution >= 0.6 is 0 Å². The zero-order chi connectivity index (χ0) is 15.1. The van der Waals surface area contributed by atoms with E-state index in [-0.39, 0.29) is 18.8 Å². The Hall–Kier alpha value is -1.99. The Balaban J connectivity index is 2.61. The van der Waals surface area contributed by atoms with Crippen LogP contribution in [0.2, 0.25) is 0 Å². The van der Waals surface area contributed by atoms with Crippen LogP contribution in [0.15, 0.2) is 16.0 Å². The van der Waals surface area contributed by atoms with Gasteiger partial charge in [0.2, 0.25) is 5.43 Å². The van der Waals surface area contributed by atoms with Crippen LogP contribution in [0.25, 0.3) is 0 Å². The molecule has 5 nitrogen and oxygen atoms in total. The molecule has 0 aliphatic carbocycles. The third-order valence-electron chi connectivity index (χ3n) is 3.34. The lowest BCUT2D eigenvalue weighted by Gasteiger charge is -2.29. The first-order chi connectivity index (χ1) is 9.23. The maximum Gasteiger partial charge on any atom is 0.413 e. The van der Waals surface area contributed by atoms with E-state index in [9.17, 15) is 23.1 Å². The van der Waals surface area contributed by atoms with Crippen LogP contribution in [-0.4, -0.2) is 40.2 Å². The van der Waals surface area contributed by atoms with Crippen LogP contribution in [0.5, 0.6) is 5.75 Å². The average molecular weight is 289 g/mol. The average Bonchev–Trinajstić information content (AvgIpc) is 2.85. The quantitative estimate of drug-likeness (QED) is 0.894. The maximum atomic E-state index is 13.3. The Morgan fingerprint density at radius 1 is 1.45 bits per heavy atom. The van der Waals surface area contributed by atoms with Crippen molar-refractivity contribution >= 4 is 6.34 Å². The number of nitrogens with zero attached hydrogens (tertiary/aromatic N) is 3. The summed E-state index contributed by atoms with van der Waals surface area (Å²) in [6.45, 7) is 1.80. The highest BCUT2D eigenvalue weighted by Gasteiger charge is 2.46. The molecule has 0 spiro atoms. The van der Waals surface area contributed by atoms with Crippen LogP contribution in [0.3, 0.4) is 0 Å². The van der Waals surface area contributed by atoms with E-state index < -0.39 is 29.0 Å². The summed E-state index contributed by atoms with van der Waals surface area (Å²) in [7, 11) is 1.48. The van der Waals surface area contributed by atoms with Crippen LogP contribution in [0.4, 0.5) is 13.2 Å². The van der Waals surface area contributed by atoms with E-state index in [1.165, 1.54) is 18.5 Å². The minimum Gasteiger partial charge on any atom is -0.503 e. The topological polar surface area (TPSA) is 57.8 Å². The zero-order valence-corrected chi connectivity index (χ0v) is 11.0. The molecule has 1 aliphatic heterocycles. The number of aromatic hydroxyl groups is 1. The SMILES string of the molecule is Cc1c(O)c(=O)c(C(N2C=NCC2)C(F)(F)F)cn1C. The summed E-state index contributed by atoms with van der Waals surface area (Å²) in [6.07, 6.45) is -2.43. The smallest absolute Gasteiger partial charge is 0.413 e. The summed E-state index contributed by atoms with van der Waals surface area (Å²) in [5.41, 5.74) is -1.28. The lowest BCUT2D eigenvalue weighted by molar-refractivity contribution is -0.174. The van der Waals surface area contributed by atoms with Gasteiger partial charge in [0.05, 0.1) is 24.1 Å². The van der Waals surface area contributed by atoms with Crippen molar-refractivity contribution in [3.05, 3.63) is 27.7 Å². The van der Waals surface area contributed by atoms with Crippen molar-refractivity contribution in [1.82, 2.24) is 9.47 Å². The van der Waals surface area contributed by atoms with Crippen molar-refractivity contribution in [2.45, 2.75) is 19.1 Å². The standard InChI is InChI=1S/C12H14F3N3O2/c1-7-9(19)10(20)8(5-17(7)2)11(12(13,14)15)18-4-3-16-6-18/h5-6,11,19H,3-4H2,1-2H3. The summed E-state index contributed by atoms with van der Waals surface area (Å²) in [4.78, 5) is 16.7. The number of aliphatic imine (C=N–C) groups is 1. The number of halogens is 3. The van der Waals surface area contributed by atoms with Gasteiger partial charge in [-0.25, -0.2) is 0 Å². The second kappa shape index (κ2) is 4.84. The third-order valence-corrected chi connectivity index (χ3v) is 3.34. The molecule has 2 rings (SSSR count). The number of alkyl halides is 3. The lowest BCUT2D eigenvalue weighted by Crippen LogP contribution is -2.40. The second-order valence-corrected chi connectivity index (χ2v) is 4.66. The van der Waals surface area contributed by atoms with E-state index >= 15 is 0 Å². The van der Waals surface area contributed by atoms with Crippen molar-refractivity contribution < 1.29 is 18.3 Å². The fraction of sp³-hybridized carbons (Fsp3) is 0.500. The fourth-order valence-corrected chi connectivity index (χ4v) is 2.16. The van der Waals surface area contributed by atoms with Gasteiger partial charge in [-0.2, -0.15) is 13.2 Å². The first-order valence-corrected chi connectivity index (χ1v) is 5.95. The Morgan fingerprint density at radius 2 is 2.10 bits per heavy atom. The minimum atomic E-state index is -4.63. The van der Waals surface area contributed by atoms with Gasteiger partial charge in [0, 0.05) is 19.8 Å². The highest BCUT2D eigenvalue weighted by molar-refractivity contribution is 5.58. The van der Waals surface area contributed by atoms with Crippen LogP contribution in [0, 0.1) is 6.92 Å². The van der Waals surface area contributed by atoms with E-state index in [2.05, 4.69) is 4.99 Å². The van der Waals surface area contributed by atoms with Crippen LogP contribution in [-0.2, 0) is 7.05 Å². The van der Waals surface area contributed by atoms with E-state index in [1.807, 2.05) is 0 Å². The van der Waals surface area contributed by atoms with Crippen molar-refractivity contribution in [2.24, 2.45) is 12.0 Å². The first kappa shape index (κ1) is 14.4. The number of rotatable bonds is 2. The molecule has 1 atom stereocenters. The molecule has 0 saturated heterocycles. The molecule has 1 unspecified atom stereocenters. The van der Waals surface area contributed by atoms with Gasteiger partial charge in [0.25, 0.3) is 0 Å². The van der Waals surface area contributed by atoms with E-state index in [4.69, 9.17) is 0 Å². The molecule has 0 bridgehead atoms. The molecule has 1 aliphatic rings. The van der Waals surface area contributed by atoms with Gasteiger partial charge < -0.3 is 14.6 Å². The predicted octanol–water partition coefficient (Wildman–Crippen LogP) is 1.35. The van der Waals surface area contributed by atoms with Gasteiger partial charge in [-0.15, -0.1) is 0 Å². The molecular formula is C12H14F3N3O2. The molecule has 110 valence electrons. The number of hydrogen-bond donors (Lipinski definition) is 1. The largest absolute Gasteiger partial charge is 0.503 e. The Kier molecular flexibility index (Phi) is 3.49.